The average Bonchev–Trinajstić information content (AvgIpc) is 1.67. The Hall–Kier alpha value is -14.5. The van der Waals surface area contributed by atoms with Crippen LogP contribution in [-0.4, -0.2) is 169 Å². The van der Waals surface area contributed by atoms with Crippen LogP contribution >= 0.6 is 53.2 Å². The van der Waals surface area contributed by atoms with E-state index in [0.29, 0.717) is 80.5 Å². The van der Waals surface area contributed by atoms with E-state index in [1.54, 1.807) is 69.5 Å². The number of aromatic nitrogens is 24. The highest BCUT2D eigenvalue weighted by atomic mass is 79.9. The number of tetrazole rings is 6. The van der Waals surface area contributed by atoms with Gasteiger partial charge in [-0.25, -0.2) is 28.5 Å². The fraction of sp³-hybridized carbons (Fsp3) is 0.318. The molecule has 0 spiro atoms. The fourth-order valence-electron chi connectivity index (χ4n) is 11.1. The number of amides is 4. The van der Waals surface area contributed by atoms with Crippen LogP contribution in [0.1, 0.15) is 139 Å². The number of nitrogens with zero attached hydrogens (tertiary/aromatic N) is 24. The van der Waals surface area contributed by atoms with Crippen molar-refractivity contribution in [2.24, 2.45) is 45.4 Å². The van der Waals surface area contributed by atoms with Gasteiger partial charge in [0.15, 0.2) is 11.6 Å². The van der Waals surface area contributed by atoms with E-state index in [9.17, 15) is 19.2 Å². The highest BCUT2D eigenvalue weighted by Crippen LogP contribution is 2.26. The van der Waals surface area contributed by atoms with Gasteiger partial charge in [0.1, 0.15) is 22.4 Å². The van der Waals surface area contributed by atoms with Crippen molar-refractivity contribution in [3.8, 4) is 80.5 Å². The van der Waals surface area contributed by atoms with Gasteiger partial charge in [-0.3, -0.25) is 0 Å². The Balaban J connectivity index is 0.000000320. The van der Waals surface area contributed by atoms with E-state index < -0.39 is 46.8 Å². The summed E-state index contributed by atoms with van der Waals surface area (Å²) in [6.07, 6.45) is -1.84. The molecule has 6 aromatic heterocycles. The second-order valence-corrected chi connectivity index (χ2v) is 32.1. The number of hydrogen-bond donors (Lipinski definition) is 9. The Morgan fingerprint density at radius 2 is 0.609 bits per heavy atom. The largest absolute Gasteiger partial charge is 0.444 e. The Bertz CT molecular complexity index is 5950. The summed E-state index contributed by atoms with van der Waals surface area (Å²) in [7, 11) is 7.02. The number of aromatic amines is 2. The number of H-pyrrole nitrogens is 2. The van der Waals surface area contributed by atoms with Gasteiger partial charge in [-0.2, -0.15) is 30.5 Å². The Kier molecular flexibility index (Phi) is 46.2. The first-order chi connectivity index (χ1) is 62.0. The Morgan fingerprint density at radius 3 is 0.887 bits per heavy atom. The van der Waals surface area contributed by atoms with Crippen molar-refractivity contribution < 1.29 is 38.1 Å². The van der Waals surface area contributed by atoms with Gasteiger partial charge in [0.25, 0.3) is 0 Å². The number of nitriles is 2. The molecule has 0 unspecified atom stereocenters. The molecule has 0 bridgehead atoms. The van der Waals surface area contributed by atoms with Crippen LogP contribution in [0.4, 0.5) is 19.2 Å². The maximum Gasteiger partial charge on any atom is 0.407 e. The van der Waals surface area contributed by atoms with Gasteiger partial charge in [-0.1, -0.05) is 198 Å². The van der Waals surface area contributed by atoms with E-state index in [0.717, 1.165) is 94.6 Å². The van der Waals surface area contributed by atoms with Crippen molar-refractivity contribution in [1.29, 1.82) is 10.5 Å². The topological polar surface area (TPSA) is 562 Å². The number of halogens is 4. The van der Waals surface area contributed by atoms with E-state index in [4.69, 9.17) is 46.7 Å². The van der Waals surface area contributed by atoms with E-state index in [1.807, 2.05) is 245 Å². The highest BCUT2D eigenvalue weighted by molar-refractivity contribution is 9.08. The number of ether oxygens (including phenoxy) is 4. The summed E-state index contributed by atoms with van der Waals surface area (Å²) < 4.78 is 23.9. The quantitative estimate of drug-likeness (QED) is 0.0284. The lowest BCUT2D eigenvalue weighted by molar-refractivity contribution is 0.0512. The van der Waals surface area contributed by atoms with Gasteiger partial charge in [0.05, 0.1) is 37.4 Å². The Labute approximate surface area is 797 Å². The van der Waals surface area contributed by atoms with Gasteiger partial charge in [0.2, 0.25) is 23.3 Å². The zero-order chi connectivity index (χ0) is 94.8. The number of rotatable bonds is 18. The maximum absolute atomic E-state index is 11.7. The number of benzene rings is 8. The highest BCUT2D eigenvalue weighted by Gasteiger charge is 2.22. The molecule has 0 atom stereocenters. The molecule has 45 heteroatoms. The predicted octanol–water partition coefficient (Wildman–Crippen LogP) is 13.0. The number of alkyl halides is 1. The molecular formula is C88H111BrCl3N33O8. The van der Waals surface area contributed by atoms with Crippen LogP contribution in [0.5, 0.6) is 0 Å². The molecule has 8 aromatic carbocycles. The molecule has 133 heavy (non-hydrogen) atoms. The minimum absolute atomic E-state index is 0. The number of nitrogens with one attached hydrogen (secondary N) is 6. The van der Waals surface area contributed by atoms with Crippen LogP contribution in [-0.2, 0) is 98.3 Å². The molecule has 0 aliphatic carbocycles. The van der Waals surface area contributed by atoms with E-state index in [2.05, 4.69) is 152 Å². The van der Waals surface area contributed by atoms with E-state index in [-0.39, 0.29) is 37.2 Å². The molecule has 4 amide bonds. The van der Waals surface area contributed by atoms with Crippen LogP contribution in [0.25, 0.3) is 68.3 Å². The first-order valence-electron chi connectivity index (χ1n) is 40.4. The number of carbonyl (C=O) groups is 4. The average molecular weight is 1950 g/mol. The minimum Gasteiger partial charge on any atom is -0.444 e. The number of hydrogen-bond acceptors (Lipinski definition) is 31. The number of carbonyl (C=O) groups excluding carboxylic acids is 4. The lowest BCUT2D eigenvalue weighted by Crippen LogP contribution is -2.32. The zero-order valence-corrected chi connectivity index (χ0v) is 80.5. The SMILES string of the molecule is CC(C)(C)OC(=O)NCc1ccccc1-c1nn[nH]n1.CC(C)(C)OC(=O)NCc1ccccc1C#N.Cl.Cl.Cl.Cn1nnc(-c2ccccc2CN)n1.Cn1nnc(-c2ccccc2CNC(=O)OC(C)(C)C)n1.Cn1nnnc1-c1ccccc1CN.Cn1nnnc1-c1ccccc1CNC(=O)OC(C)(C)C.N#Cc1ccccc1CBr.NCc1ccccc1-c1nn[nH]n1. The molecule has 14 rings (SSSR count). The first-order valence-corrected chi connectivity index (χ1v) is 41.5. The van der Waals surface area contributed by atoms with Crippen LogP contribution in [0, 0.1) is 22.7 Å². The second kappa shape index (κ2) is 55.5. The third-order valence-electron chi connectivity index (χ3n) is 16.9. The summed E-state index contributed by atoms with van der Waals surface area (Å²) in [6, 6.07) is 65.0. The lowest BCUT2D eigenvalue weighted by Gasteiger charge is -2.20. The third-order valence-corrected chi connectivity index (χ3v) is 17.5. The molecule has 704 valence electrons. The predicted molar refractivity (Wildman–Crippen MR) is 509 cm³/mol. The van der Waals surface area contributed by atoms with Crippen molar-refractivity contribution in [1.82, 2.24) is 143 Å². The molecule has 12 N–H and O–H groups in total. The molecule has 14 aromatic rings. The Morgan fingerprint density at radius 1 is 0.353 bits per heavy atom. The van der Waals surface area contributed by atoms with Crippen molar-refractivity contribution in [2.45, 2.75) is 157 Å². The molecule has 0 aliphatic rings. The third kappa shape index (κ3) is 38.6. The van der Waals surface area contributed by atoms with Crippen LogP contribution in [0.2, 0.25) is 0 Å². The van der Waals surface area contributed by atoms with Crippen molar-refractivity contribution in [2.75, 3.05) is 0 Å². The minimum atomic E-state index is -0.518. The molecule has 41 nitrogen and oxygen atoms in total. The summed E-state index contributed by atoms with van der Waals surface area (Å²) in [5.41, 5.74) is 29.1. The molecular weight excluding hydrogens is 1830 g/mol. The van der Waals surface area contributed by atoms with Gasteiger partial charge in [-0.05, 0) is 181 Å². The number of alkyl carbamates (subject to hydrolysis) is 4. The van der Waals surface area contributed by atoms with E-state index in [1.165, 1.54) is 9.59 Å². The van der Waals surface area contributed by atoms with Gasteiger partial charge < -0.3 is 57.4 Å². The van der Waals surface area contributed by atoms with Crippen molar-refractivity contribution in [3.05, 3.63) is 250 Å². The molecule has 0 radical (unpaired) electrons. The standard InChI is InChI=1S/2C14H19N5O2.C13H17N5O2.C13H16N2O2.2C9H11N5.C8H6BrN.C8H9N5.3ClH/c1-14(2,3)21-13(20)15-9-10-7-5-6-8-11(10)12-16-17-18-19(12)4;1-14(2,3)21-13(20)15-9-10-7-5-6-8-11(10)12-16-18-19(4)17-12;1-13(2,3)20-12(19)14-8-9-6-4-5-7-10(9)11-15-17-18-16-11;1-13(2,3)17-12(16)15-9-11-7-5-4-6-10(11)8-14;1-14-9(11-12-13-14)8-5-3-2-4-7(8)6-10;1-14-12-9(11-13-14)8-5-3-2-4-7(8)6-10;9-5-7-3-1-2-4-8(7)6-10;9-5-6-3-1-2-4-7(6)8-10-12-13-11-8;;;/h2*5-8H,9H2,1-4H3,(H,15,20);4-7H,8H2,1-3H3,(H,14,19)(H,15,16,17,18);4-7H,9H2,1-3H3,(H,15,16);2*2-5H,6,10H2,1H3;1-4H,5H2;1-4H,5,9H2,(H,10,11,12,13);3*1H. The van der Waals surface area contributed by atoms with Gasteiger partial charge in [-0.15, -0.1) is 88.2 Å². The van der Waals surface area contributed by atoms with E-state index >= 15 is 0 Å². The molecule has 0 saturated carbocycles. The van der Waals surface area contributed by atoms with Crippen LogP contribution < -0.4 is 38.5 Å². The number of aryl methyl sites for hydroxylation is 4. The van der Waals surface area contributed by atoms with Gasteiger partial charge in [0, 0.05) is 98.6 Å². The van der Waals surface area contributed by atoms with Crippen LogP contribution in [0.3, 0.4) is 0 Å². The summed E-state index contributed by atoms with van der Waals surface area (Å²) in [5.74, 6) is 3.61. The second-order valence-electron chi connectivity index (χ2n) is 31.6. The smallest absolute Gasteiger partial charge is 0.407 e. The van der Waals surface area contributed by atoms with Crippen molar-refractivity contribution >= 4 is 77.5 Å². The fourth-order valence-corrected chi connectivity index (χ4v) is 11.6. The summed E-state index contributed by atoms with van der Waals surface area (Å²) in [6.45, 7) is 24.6. The van der Waals surface area contributed by atoms with Crippen molar-refractivity contribution in [3.63, 3.8) is 0 Å². The molecule has 0 aliphatic heterocycles. The maximum atomic E-state index is 11.7. The number of nitrogens with two attached hydrogens (primary N) is 3. The molecule has 0 saturated heterocycles. The normalized spacial score (nSPS) is 10.4. The van der Waals surface area contributed by atoms with Crippen LogP contribution in [0.15, 0.2) is 194 Å². The summed E-state index contributed by atoms with van der Waals surface area (Å²) >= 11 is 3.30. The lowest BCUT2D eigenvalue weighted by atomic mass is 10.1. The molecule has 6 heterocycles. The van der Waals surface area contributed by atoms with Gasteiger partial charge >= 0.3 is 24.4 Å². The monoisotopic (exact) mass is 1940 g/mol. The summed E-state index contributed by atoms with van der Waals surface area (Å²) in [4.78, 5) is 49.3. The molecule has 0 fully saturated rings. The zero-order valence-electron chi connectivity index (χ0n) is 76.5. The summed E-state index contributed by atoms with van der Waals surface area (Å²) in [5, 5.41) is 103. The first kappa shape index (κ1) is 111.